The van der Waals surface area contributed by atoms with Crippen LogP contribution in [0.5, 0.6) is 0 Å². The minimum Gasteiger partial charge on any atom is -0.364 e. The van der Waals surface area contributed by atoms with E-state index < -0.39 is 23.6 Å². The van der Waals surface area contributed by atoms with Crippen molar-refractivity contribution >= 4 is 11.7 Å². The third-order valence-electron chi connectivity index (χ3n) is 5.83. The molecule has 168 valence electrons. The number of nitrogens with one attached hydrogen (secondary N) is 1. The Balaban J connectivity index is 1.41. The van der Waals surface area contributed by atoms with Crippen LogP contribution in [0.1, 0.15) is 29.3 Å². The Morgan fingerprint density at radius 2 is 2.12 bits per heavy atom. The van der Waals surface area contributed by atoms with E-state index in [-0.39, 0.29) is 12.2 Å². The molecule has 2 amide bonds. The summed E-state index contributed by atoms with van der Waals surface area (Å²) in [5.41, 5.74) is 2.66. The molecule has 2 aliphatic heterocycles. The molecule has 1 atom stereocenters. The second-order valence-electron chi connectivity index (χ2n) is 8.25. The molecule has 0 aliphatic carbocycles. The summed E-state index contributed by atoms with van der Waals surface area (Å²) in [6.07, 6.45) is -1.93. The van der Waals surface area contributed by atoms with Gasteiger partial charge in [0.25, 0.3) is 0 Å². The fraction of sp³-hybridized carbons (Fsp3) is 0.381. The first-order chi connectivity index (χ1) is 15.2. The first-order valence-corrected chi connectivity index (χ1v) is 10.2. The Bertz CT molecular complexity index is 1200. The van der Waals surface area contributed by atoms with Crippen LogP contribution in [0.15, 0.2) is 29.0 Å². The largest absolute Gasteiger partial charge is 0.419 e. The fourth-order valence-electron chi connectivity index (χ4n) is 4.35. The number of rotatable bonds is 1. The van der Waals surface area contributed by atoms with Crippen LogP contribution in [0.25, 0.3) is 11.4 Å². The molecule has 0 spiro atoms. The second-order valence-corrected chi connectivity index (χ2v) is 8.25. The molecule has 4 heterocycles. The molecule has 32 heavy (non-hydrogen) atoms. The van der Waals surface area contributed by atoms with Gasteiger partial charge in [-0.05, 0) is 30.5 Å². The van der Waals surface area contributed by atoms with Gasteiger partial charge in [0.15, 0.2) is 0 Å². The summed E-state index contributed by atoms with van der Waals surface area (Å²) >= 11 is 0. The number of fused-ring (bicyclic) bond motifs is 5. The average Bonchev–Trinajstić information content (AvgIpc) is 3.28. The van der Waals surface area contributed by atoms with Crippen molar-refractivity contribution in [2.45, 2.75) is 39.0 Å². The van der Waals surface area contributed by atoms with Gasteiger partial charge >= 0.3 is 12.2 Å². The van der Waals surface area contributed by atoms with Gasteiger partial charge in [-0.1, -0.05) is 12.1 Å². The van der Waals surface area contributed by atoms with Gasteiger partial charge in [0.05, 0.1) is 23.5 Å². The van der Waals surface area contributed by atoms with Crippen molar-refractivity contribution in [3.05, 3.63) is 52.7 Å². The van der Waals surface area contributed by atoms with Crippen molar-refractivity contribution < 1.29 is 26.9 Å². The highest BCUT2D eigenvalue weighted by Gasteiger charge is 2.35. The zero-order valence-corrected chi connectivity index (χ0v) is 17.0. The Kier molecular flexibility index (Phi) is 4.72. The maximum Gasteiger partial charge on any atom is 0.419 e. The van der Waals surface area contributed by atoms with Crippen LogP contribution in [-0.2, 0) is 32.1 Å². The minimum atomic E-state index is -4.85. The van der Waals surface area contributed by atoms with E-state index in [4.69, 9.17) is 9.62 Å². The average molecular weight is 449 g/mol. The van der Waals surface area contributed by atoms with E-state index in [1.165, 1.54) is 4.90 Å². The number of amides is 2. The molecule has 5 rings (SSSR count). The van der Waals surface area contributed by atoms with Gasteiger partial charge in [0, 0.05) is 36.3 Å². The molecule has 3 aromatic rings. The third-order valence-corrected chi connectivity index (χ3v) is 5.83. The van der Waals surface area contributed by atoms with E-state index in [1.54, 1.807) is 6.26 Å². The number of carbonyl (C=O) groups is 1. The van der Waals surface area contributed by atoms with Crippen LogP contribution in [0.3, 0.4) is 0 Å². The highest BCUT2D eigenvalue weighted by Crippen LogP contribution is 2.36. The molecular formula is C21H19F4N5O2. The van der Waals surface area contributed by atoms with Crippen molar-refractivity contribution in [3.63, 3.8) is 0 Å². The Morgan fingerprint density at radius 1 is 1.31 bits per heavy atom. The standard InChI is InChI=1S/C21H19F4N5O2/c1-11-6-12-10-32-28-18(12)19-14-9-29(5-4-17(14)27-30(19)8-11)20(31)26-13-2-3-16(22)15(7-13)21(23,24)25/h2-3,7,10-11H,4-6,8-9H2,1H3,(H,26,31). The number of hydrogen-bond acceptors (Lipinski definition) is 4. The maximum atomic E-state index is 13.5. The molecular weight excluding hydrogens is 430 g/mol. The van der Waals surface area contributed by atoms with E-state index >= 15 is 0 Å². The van der Waals surface area contributed by atoms with Gasteiger partial charge in [-0.25, -0.2) is 9.18 Å². The van der Waals surface area contributed by atoms with Crippen molar-refractivity contribution in [1.29, 1.82) is 0 Å². The molecule has 0 radical (unpaired) electrons. The maximum absolute atomic E-state index is 13.5. The number of halogens is 4. The quantitative estimate of drug-likeness (QED) is 0.556. The predicted octanol–water partition coefficient (Wildman–Crippen LogP) is 4.48. The van der Waals surface area contributed by atoms with E-state index in [9.17, 15) is 22.4 Å². The van der Waals surface area contributed by atoms with Crippen LogP contribution in [-0.4, -0.2) is 32.4 Å². The summed E-state index contributed by atoms with van der Waals surface area (Å²) in [5.74, 6) is -1.06. The highest BCUT2D eigenvalue weighted by atomic mass is 19.4. The first kappa shape index (κ1) is 20.5. The Morgan fingerprint density at radius 3 is 2.91 bits per heavy atom. The summed E-state index contributed by atoms with van der Waals surface area (Å²) in [7, 11) is 0. The van der Waals surface area contributed by atoms with Crippen LogP contribution >= 0.6 is 0 Å². The van der Waals surface area contributed by atoms with Gasteiger partial charge < -0.3 is 14.7 Å². The van der Waals surface area contributed by atoms with E-state index in [0.29, 0.717) is 43.3 Å². The molecule has 1 unspecified atom stereocenters. The highest BCUT2D eigenvalue weighted by molar-refractivity contribution is 5.89. The number of benzene rings is 1. The predicted molar refractivity (Wildman–Crippen MR) is 105 cm³/mol. The van der Waals surface area contributed by atoms with Crippen molar-refractivity contribution in [2.24, 2.45) is 5.92 Å². The van der Waals surface area contributed by atoms with Gasteiger partial charge in [0.2, 0.25) is 0 Å². The zero-order chi connectivity index (χ0) is 22.6. The van der Waals surface area contributed by atoms with Crippen LogP contribution in [0.2, 0.25) is 0 Å². The summed E-state index contributed by atoms with van der Waals surface area (Å²) in [4.78, 5) is 14.3. The van der Waals surface area contributed by atoms with Crippen molar-refractivity contribution in [2.75, 3.05) is 11.9 Å². The van der Waals surface area contributed by atoms with Gasteiger partial charge in [-0.2, -0.15) is 18.3 Å². The molecule has 2 aromatic heterocycles. The SMILES string of the molecule is CC1Cc2conc2-c2c3c(nn2C1)CCN(C(=O)Nc1ccc(F)c(C(F)(F)F)c1)C3. The number of hydrogen-bond donors (Lipinski definition) is 1. The van der Waals surface area contributed by atoms with Gasteiger partial charge in [0.1, 0.15) is 17.8 Å². The number of alkyl halides is 3. The summed E-state index contributed by atoms with van der Waals surface area (Å²) in [6, 6.07) is 1.82. The van der Waals surface area contributed by atoms with E-state index in [2.05, 4.69) is 17.4 Å². The van der Waals surface area contributed by atoms with E-state index in [1.807, 2.05) is 4.68 Å². The lowest BCUT2D eigenvalue weighted by Crippen LogP contribution is -2.38. The van der Waals surface area contributed by atoms with Crippen LogP contribution in [0.4, 0.5) is 28.0 Å². The molecule has 7 nitrogen and oxygen atoms in total. The molecule has 0 saturated heterocycles. The molecule has 11 heteroatoms. The topological polar surface area (TPSA) is 76.2 Å². The lowest BCUT2D eigenvalue weighted by Gasteiger charge is -2.27. The monoisotopic (exact) mass is 449 g/mol. The first-order valence-electron chi connectivity index (χ1n) is 10.2. The summed E-state index contributed by atoms with van der Waals surface area (Å²) in [6.45, 7) is 3.40. The number of carbonyl (C=O) groups excluding carboxylic acids is 1. The van der Waals surface area contributed by atoms with Gasteiger partial charge in [-0.15, -0.1) is 0 Å². The summed E-state index contributed by atoms with van der Waals surface area (Å²) < 4.78 is 59.6. The van der Waals surface area contributed by atoms with Crippen molar-refractivity contribution in [3.8, 4) is 11.4 Å². The summed E-state index contributed by atoms with van der Waals surface area (Å²) in [5, 5.41) is 11.3. The molecule has 2 aliphatic rings. The smallest absolute Gasteiger partial charge is 0.364 e. The Labute approximate surface area is 180 Å². The lowest BCUT2D eigenvalue weighted by atomic mass is 10.00. The molecule has 0 bridgehead atoms. The van der Waals surface area contributed by atoms with E-state index in [0.717, 1.165) is 35.0 Å². The Hall–Kier alpha value is -3.37. The number of nitrogens with zero attached hydrogens (tertiary/aromatic N) is 4. The molecule has 1 aromatic carbocycles. The molecule has 0 fully saturated rings. The normalized spacial score (nSPS) is 17.9. The minimum absolute atomic E-state index is 0.129. The van der Waals surface area contributed by atoms with Crippen LogP contribution in [0, 0.1) is 11.7 Å². The molecule has 1 N–H and O–H groups in total. The van der Waals surface area contributed by atoms with Crippen LogP contribution < -0.4 is 5.32 Å². The number of aromatic nitrogens is 3. The number of anilines is 1. The lowest BCUT2D eigenvalue weighted by molar-refractivity contribution is -0.139. The fourth-order valence-corrected chi connectivity index (χ4v) is 4.35. The van der Waals surface area contributed by atoms with Gasteiger partial charge in [-0.3, -0.25) is 4.68 Å². The number of urea groups is 1. The second kappa shape index (κ2) is 7.35. The molecule has 0 saturated carbocycles. The third kappa shape index (κ3) is 3.51. The zero-order valence-electron chi connectivity index (χ0n) is 17.0. The van der Waals surface area contributed by atoms with Crippen molar-refractivity contribution in [1.82, 2.24) is 19.8 Å².